The lowest BCUT2D eigenvalue weighted by Crippen LogP contribution is -2.22. The zero-order valence-corrected chi connectivity index (χ0v) is 20.1. The van der Waals surface area contributed by atoms with Crippen molar-refractivity contribution in [3.63, 3.8) is 0 Å². The number of carbonyl (C=O) groups excluding carboxylic acids is 1. The first-order valence-electron chi connectivity index (χ1n) is 11.2. The van der Waals surface area contributed by atoms with Gasteiger partial charge in [-0.1, -0.05) is 24.3 Å². The van der Waals surface area contributed by atoms with E-state index in [4.69, 9.17) is 19.9 Å². The van der Waals surface area contributed by atoms with Crippen LogP contribution in [0.15, 0.2) is 47.9 Å². The van der Waals surface area contributed by atoms with Crippen LogP contribution in [0.3, 0.4) is 0 Å². The maximum atomic E-state index is 12.6. The molecule has 9 heteroatoms. The van der Waals surface area contributed by atoms with Gasteiger partial charge in [-0.2, -0.15) is 5.26 Å². The fraction of sp³-hybridized carbons (Fsp3) is 0.269. The number of nitrogens with one attached hydrogen (secondary N) is 2. The fourth-order valence-electron chi connectivity index (χ4n) is 4.15. The van der Waals surface area contributed by atoms with Gasteiger partial charge < -0.3 is 25.3 Å². The highest BCUT2D eigenvalue weighted by Crippen LogP contribution is 2.44. The summed E-state index contributed by atoms with van der Waals surface area (Å²) in [6, 6.07) is 13.3. The monoisotopic (exact) mass is 473 g/mol. The molecule has 0 aliphatic carbocycles. The van der Waals surface area contributed by atoms with E-state index in [9.17, 15) is 10.1 Å². The third-order valence-corrected chi connectivity index (χ3v) is 5.83. The number of carbonyl (C=O) groups is 1. The molecule has 0 fully saturated rings. The van der Waals surface area contributed by atoms with E-state index in [1.54, 1.807) is 12.1 Å². The van der Waals surface area contributed by atoms with E-state index < -0.39 is 5.92 Å². The highest BCUT2D eigenvalue weighted by Gasteiger charge is 2.34. The molecule has 1 aliphatic heterocycles. The van der Waals surface area contributed by atoms with Crippen molar-refractivity contribution in [2.45, 2.75) is 33.6 Å². The summed E-state index contributed by atoms with van der Waals surface area (Å²) in [6.45, 7) is 7.79. The van der Waals surface area contributed by atoms with E-state index >= 15 is 0 Å². The van der Waals surface area contributed by atoms with Crippen LogP contribution in [0.25, 0.3) is 0 Å². The number of allylic oxidation sites excluding steroid dienone is 1. The zero-order chi connectivity index (χ0) is 25.1. The molecule has 0 bridgehead atoms. The molecule has 3 aromatic rings. The number of para-hydroxylation sites is 1. The topological polar surface area (TPSA) is 135 Å². The molecule has 4 rings (SSSR count). The third kappa shape index (κ3) is 4.64. The second-order valence-electron chi connectivity index (χ2n) is 8.24. The van der Waals surface area contributed by atoms with Crippen molar-refractivity contribution >= 4 is 11.6 Å². The van der Waals surface area contributed by atoms with Gasteiger partial charge in [-0.15, -0.1) is 5.10 Å². The summed E-state index contributed by atoms with van der Waals surface area (Å²) in [6.07, 6.45) is 0. The number of nitrogens with two attached hydrogens (primary N) is 1. The first-order valence-corrected chi connectivity index (χ1v) is 11.2. The number of aromatic nitrogens is 2. The molecule has 0 spiro atoms. The number of aromatic amines is 1. The van der Waals surface area contributed by atoms with Gasteiger partial charge >= 0.3 is 0 Å². The minimum atomic E-state index is -0.483. The molecular weight excluding hydrogens is 446 g/mol. The molecule has 4 N–H and O–H groups in total. The Kier molecular flexibility index (Phi) is 6.64. The van der Waals surface area contributed by atoms with E-state index in [1.165, 1.54) is 0 Å². The highest BCUT2D eigenvalue weighted by atomic mass is 16.5. The zero-order valence-electron chi connectivity index (χ0n) is 20.1. The molecule has 1 aliphatic rings. The molecular formula is C26H27N5O4. The normalized spacial score (nSPS) is 14.5. The third-order valence-electron chi connectivity index (χ3n) is 5.83. The summed E-state index contributed by atoms with van der Waals surface area (Å²) >= 11 is 0. The van der Waals surface area contributed by atoms with E-state index in [-0.39, 0.29) is 24.0 Å². The number of amides is 1. The maximum absolute atomic E-state index is 12.6. The lowest BCUT2D eigenvalue weighted by molar-refractivity contribution is -0.118. The minimum absolute atomic E-state index is 0.0120. The van der Waals surface area contributed by atoms with Crippen molar-refractivity contribution in [3.05, 3.63) is 75.8 Å². The van der Waals surface area contributed by atoms with Crippen LogP contribution in [-0.4, -0.2) is 29.3 Å². The number of rotatable bonds is 7. The van der Waals surface area contributed by atoms with Gasteiger partial charge in [0.2, 0.25) is 11.8 Å². The predicted molar refractivity (Wildman–Crippen MR) is 130 cm³/mol. The number of ether oxygens (including phenoxy) is 3. The van der Waals surface area contributed by atoms with Crippen LogP contribution in [0.1, 0.15) is 40.8 Å². The second-order valence-corrected chi connectivity index (χ2v) is 8.24. The van der Waals surface area contributed by atoms with Gasteiger partial charge in [-0.25, -0.2) is 0 Å². The summed E-state index contributed by atoms with van der Waals surface area (Å²) in [5.74, 6) is 0.458. The quantitative estimate of drug-likeness (QED) is 0.472. The van der Waals surface area contributed by atoms with Crippen molar-refractivity contribution in [1.29, 1.82) is 5.26 Å². The van der Waals surface area contributed by atoms with Crippen LogP contribution in [0.5, 0.6) is 17.4 Å². The van der Waals surface area contributed by atoms with Gasteiger partial charge in [-0.05, 0) is 56.5 Å². The Hall–Kier alpha value is -4.45. The van der Waals surface area contributed by atoms with Gasteiger partial charge in [-0.3, -0.25) is 9.89 Å². The van der Waals surface area contributed by atoms with E-state index in [1.807, 2.05) is 52.0 Å². The van der Waals surface area contributed by atoms with Gasteiger partial charge in [0.1, 0.15) is 11.6 Å². The van der Waals surface area contributed by atoms with Crippen LogP contribution in [-0.2, 0) is 4.79 Å². The molecule has 2 heterocycles. The lowest BCUT2D eigenvalue weighted by Gasteiger charge is -2.24. The average Bonchev–Trinajstić information content (AvgIpc) is 3.19. The molecule has 1 aromatic heterocycles. The Morgan fingerprint density at radius 2 is 1.94 bits per heavy atom. The first kappa shape index (κ1) is 23.7. The number of H-pyrrole nitrogens is 1. The van der Waals surface area contributed by atoms with Gasteiger partial charge in [0.05, 0.1) is 12.5 Å². The average molecular weight is 474 g/mol. The molecule has 1 atom stereocenters. The minimum Gasteiger partial charge on any atom is -0.490 e. The highest BCUT2D eigenvalue weighted by molar-refractivity contribution is 5.93. The molecule has 0 saturated heterocycles. The molecule has 0 saturated carbocycles. The maximum Gasteiger partial charge on any atom is 0.262 e. The SMILES string of the molecule is CCOc1cc(C2C(C#N)=C(N)Oc3n[nH]c(C)c32)ccc1OCC(=O)Nc1c(C)cccc1C. The van der Waals surface area contributed by atoms with E-state index in [0.29, 0.717) is 24.0 Å². The van der Waals surface area contributed by atoms with Crippen molar-refractivity contribution in [3.8, 4) is 23.4 Å². The Balaban J connectivity index is 1.60. The van der Waals surface area contributed by atoms with Crippen molar-refractivity contribution in [2.24, 2.45) is 5.73 Å². The van der Waals surface area contributed by atoms with E-state index in [0.717, 1.165) is 33.6 Å². The van der Waals surface area contributed by atoms with Crippen LogP contribution in [0, 0.1) is 32.1 Å². The number of aryl methyl sites for hydroxylation is 3. The number of anilines is 1. The molecule has 9 nitrogen and oxygen atoms in total. The summed E-state index contributed by atoms with van der Waals surface area (Å²) in [5.41, 5.74) is 11.3. The van der Waals surface area contributed by atoms with Gasteiger partial charge in [0.15, 0.2) is 18.1 Å². The van der Waals surface area contributed by atoms with Gasteiger partial charge in [0, 0.05) is 16.9 Å². The number of nitriles is 1. The number of benzene rings is 2. The molecule has 1 amide bonds. The van der Waals surface area contributed by atoms with Crippen molar-refractivity contribution < 1.29 is 19.0 Å². The fourth-order valence-corrected chi connectivity index (χ4v) is 4.15. The molecule has 180 valence electrons. The first-order chi connectivity index (χ1) is 16.8. The Bertz CT molecular complexity index is 1330. The van der Waals surface area contributed by atoms with Crippen LogP contribution in [0.4, 0.5) is 5.69 Å². The summed E-state index contributed by atoms with van der Waals surface area (Å²) in [5, 5.41) is 19.7. The second kappa shape index (κ2) is 9.81. The summed E-state index contributed by atoms with van der Waals surface area (Å²) < 4.78 is 17.2. The van der Waals surface area contributed by atoms with E-state index in [2.05, 4.69) is 21.6 Å². The summed E-state index contributed by atoms with van der Waals surface area (Å²) in [4.78, 5) is 12.6. The smallest absolute Gasteiger partial charge is 0.262 e. The summed E-state index contributed by atoms with van der Waals surface area (Å²) in [7, 11) is 0. The Morgan fingerprint density at radius 1 is 1.20 bits per heavy atom. The Labute approximate surface area is 203 Å². The molecule has 35 heavy (non-hydrogen) atoms. The molecule has 2 aromatic carbocycles. The van der Waals surface area contributed by atoms with Crippen LogP contribution < -0.4 is 25.3 Å². The van der Waals surface area contributed by atoms with Gasteiger partial charge in [0.25, 0.3) is 5.91 Å². The van der Waals surface area contributed by atoms with Crippen molar-refractivity contribution in [1.82, 2.24) is 10.2 Å². The molecule has 1 unspecified atom stereocenters. The number of hydrogen-bond donors (Lipinski definition) is 3. The standard InChI is InChI=1S/C26H27N5O4/c1-5-33-20-11-17(23-18(12-27)25(28)35-26-22(23)16(4)30-31-26)9-10-19(20)34-13-21(32)29-24-14(2)7-6-8-15(24)3/h6-11,23H,5,13,28H2,1-4H3,(H,29,32)(H,30,31). The largest absolute Gasteiger partial charge is 0.490 e. The number of hydrogen-bond acceptors (Lipinski definition) is 7. The molecule has 0 radical (unpaired) electrons. The van der Waals surface area contributed by atoms with Crippen molar-refractivity contribution in [2.75, 3.05) is 18.5 Å². The predicted octanol–water partition coefficient (Wildman–Crippen LogP) is 3.97. The lowest BCUT2D eigenvalue weighted by atomic mass is 9.84. The number of nitrogens with zero attached hydrogens (tertiary/aromatic N) is 2. The van der Waals surface area contributed by atoms with Crippen LogP contribution >= 0.6 is 0 Å². The Morgan fingerprint density at radius 3 is 2.63 bits per heavy atom. The van der Waals surface area contributed by atoms with Crippen LogP contribution in [0.2, 0.25) is 0 Å². The number of fused-ring (bicyclic) bond motifs is 1.